The number of primary amides is 1. The number of nitrogens with zero attached hydrogens (tertiary/aromatic N) is 2. The molecule has 1 amide bonds. The Morgan fingerprint density at radius 1 is 1.29 bits per heavy atom. The summed E-state index contributed by atoms with van der Waals surface area (Å²) in [4.78, 5) is 19.0. The molecular formula is C11H8BrN3O2. The minimum Gasteiger partial charge on any atom is -0.438 e. The first-order valence-corrected chi connectivity index (χ1v) is 5.50. The number of nitrogens with two attached hydrogens (primary N) is 1. The number of halogens is 1. The Balaban J connectivity index is 2.33. The summed E-state index contributed by atoms with van der Waals surface area (Å²) >= 11 is 3.20. The number of amides is 1. The SMILES string of the molecule is NC(=O)c1ccccc1Oc1cc(Br)ncn1. The molecule has 86 valence electrons. The Morgan fingerprint density at radius 3 is 2.76 bits per heavy atom. The maximum atomic E-state index is 11.2. The van der Waals surface area contributed by atoms with Crippen LogP contribution < -0.4 is 10.5 Å². The Labute approximate surface area is 106 Å². The number of para-hydroxylation sites is 1. The van der Waals surface area contributed by atoms with Gasteiger partial charge in [0.05, 0.1) is 5.56 Å². The summed E-state index contributed by atoms with van der Waals surface area (Å²) < 4.78 is 6.07. The molecule has 0 aliphatic carbocycles. The van der Waals surface area contributed by atoms with Crippen molar-refractivity contribution in [3.63, 3.8) is 0 Å². The van der Waals surface area contributed by atoms with E-state index < -0.39 is 5.91 Å². The van der Waals surface area contributed by atoms with E-state index in [1.807, 2.05) is 0 Å². The average molecular weight is 294 g/mol. The van der Waals surface area contributed by atoms with Gasteiger partial charge in [-0.05, 0) is 28.1 Å². The summed E-state index contributed by atoms with van der Waals surface area (Å²) in [6.07, 6.45) is 1.35. The monoisotopic (exact) mass is 293 g/mol. The third-order valence-electron chi connectivity index (χ3n) is 1.98. The zero-order chi connectivity index (χ0) is 12.3. The van der Waals surface area contributed by atoms with Crippen LogP contribution in [0.25, 0.3) is 0 Å². The number of ether oxygens (including phenoxy) is 1. The summed E-state index contributed by atoms with van der Waals surface area (Å²) in [5, 5.41) is 0. The van der Waals surface area contributed by atoms with Crippen molar-refractivity contribution in [2.75, 3.05) is 0 Å². The van der Waals surface area contributed by atoms with Crippen LogP contribution in [0.3, 0.4) is 0 Å². The maximum Gasteiger partial charge on any atom is 0.252 e. The Hall–Kier alpha value is -1.95. The van der Waals surface area contributed by atoms with Gasteiger partial charge < -0.3 is 10.5 Å². The Kier molecular flexibility index (Phi) is 3.34. The van der Waals surface area contributed by atoms with Crippen molar-refractivity contribution in [1.82, 2.24) is 9.97 Å². The quantitative estimate of drug-likeness (QED) is 0.880. The van der Waals surface area contributed by atoms with Crippen LogP contribution in [0.5, 0.6) is 11.6 Å². The van der Waals surface area contributed by atoms with Crippen molar-refractivity contribution < 1.29 is 9.53 Å². The molecule has 2 aromatic rings. The van der Waals surface area contributed by atoms with Crippen LogP contribution in [0.1, 0.15) is 10.4 Å². The highest BCUT2D eigenvalue weighted by Crippen LogP contribution is 2.24. The Bertz CT molecular complexity index is 560. The Morgan fingerprint density at radius 2 is 2.06 bits per heavy atom. The van der Waals surface area contributed by atoms with Crippen LogP contribution in [0, 0.1) is 0 Å². The molecule has 0 saturated carbocycles. The van der Waals surface area contributed by atoms with Gasteiger partial charge in [-0.3, -0.25) is 4.79 Å². The second kappa shape index (κ2) is 4.92. The molecule has 0 radical (unpaired) electrons. The molecular weight excluding hydrogens is 286 g/mol. The molecule has 17 heavy (non-hydrogen) atoms. The summed E-state index contributed by atoms with van der Waals surface area (Å²) in [5.41, 5.74) is 5.54. The molecule has 1 aromatic carbocycles. The highest BCUT2D eigenvalue weighted by Gasteiger charge is 2.09. The molecule has 2 rings (SSSR count). The molecule has 0 spiro atoms. The van der Waals surface area contributed by atoms with E-state index in [1.54, 1.807) is 30.3 Å². The standard InChI is InChI=1S/C11H8BrN3O2/c12-9-5-10(15-6-14-9)17-8-4-2-1-3-7(8)11(13)16/h1-6H,(H2,13,16). The molecule has 0 saturated heterocycles. The molecule has 0 fully saturated rings. The van der Waals surface area contributed by atoms with Crippen LogP contribution >= 0.6 is 15.9 Å². The van der Waals surface area contributed by atoms with Gasteiger partial charge in [-0.2, -0.15) is 0 Å². The highest BCUT2D eigenvalue weighted by atomic mass is 79.9. The normalized spacial score (nSPS) is 9.94. The number of benzene rings is 1. The van der Waals surface area contributed by atoms with E-state index in [0.717, 1.165) is 0 Å². The lowest BCUT2D eigenvalue weighted by molar-refractivity contribution is 0.0998. The fourth-order valence-corrected chi connectivity index (χ4v) is 1.53. The van der Waals surface area contributed by atoms with Crippen LogP contribution in [-0.4, -0.2) is 15.9 Å². The van der Waals surface area contributed by atoms with E-state index >= 15 is 0 Å². The molecule has 1 aromatic heterocycles. The van der Waals surface area contributed by atoms with E-state index in [0.29, 0.717) is 21.8 Å². The first-order valence-electron chi connectivity index (χ1n) is 4.71. The van der Waals surface area contributed by atoms with Crippen molar-refractivity contribution in [1.29, 1.82) is 0 Å². The molecule has 0 atom stereocenters. The lowest BCUT2D eigenvalue weighted by Crippen LogP contribution is -2.12. The van der Waals surface area contributed by atoms with Crippen LogP contribution in [0.15, 0.2) is 41.3 Å². The lowest BCUT2D eigenvalue weighted by Gasteiger charge is -2.07. The molecule has 0 unspecified atom stereocenters. The molecule has 6 heteroatoms. The second-order valence-corrected chi connectivity index (χ2v) is 3.95. The average Bonchev–Trinajstić information content (AvgIpc) is 2.29. The lowest BCUT2D eigenvalue weighted by atomic mass is 10.2. The number of aromatic nitrogens is 2. The van der Waals surface area contributed by atoms with Crippen LogP contribution in [-0.2, 0) is 0 Å². The van der Waals surface area contributed by atoms with Gasteiger partial charge in [-0.15, -0.1) is 0 Å². The first kappa shape index (κ1) is 11.5. The maximum absolute atomic E-state index is 11.2. The summed E-state index contributed by atoms with van der Waals surface area (Å²) in [5.74, 6) is 0.153. The molecule has 0 aliphatic heterocycles. The van der Waals surface area contributed by atoms with Crippen LogP contribution in [0.4, 0.5) is 0 Å². The molecule has 1 heterocycles. The zero-order valence-corrected chi connectivity index (χ0v) is 10.2. The zero-order valence-electron chi connectivity index (χ0n) is 8.63. The summed E-state index contributed by atoms with van der Waals surface area (Å²) in [6.45, 7) is 0. The molecule has 0 bridgehead atoms. The topological polar surface area (TPSA) is 78.1 Å². The van der Waals surface area contributed by atoms with Gasteiger partial charge >= 0.3 is 0 Å². The van der Waals surface area contributed by atoms with Crippen molar-refractivity contribution in [3.8, 4) is 11.6 Å². The van der Waals surface area contributed by atoms with E-state index in [2.05, 4.69) is 25.9 Å². The third-order valence-corrected chi connectivity index (χ3v) is 2.41. The van der Waals surface area contributed by atoms with Crippen molar-refractivity contribution in [2.24, 2.45) is 5.73 Å². The van der Waals surface area contributed by atoms with Crippen molar-refractivity contribution >= 4 is 21.8 Å². The number of hydrogen-bond donors (Lipinski definition) is 1. The molecule has 0 aliphatic rings. The van der Waals surface area contributed by atoms with E-state index in [9.17, 15) is 4.79 Å². The predicted molar refractivity (Wildman–Crippen MR) is 64.8 cm³/mol. The fourth-order valence-electron chi connectivity index (χ4n) is 1.25. The van der Waals surface area contributed by atoms with E-state index in [1.165, 1.54) is 6.33 Å². The smallest absolute Gasteiger partial charge is 0.252 e. The van der Waals surface area contributed by atoms with Crippen molar-refractivity contribution in [3.05, 3.63) is 46.8 Å². The number of carbonyl (C=O) groups excluding carboxylic acids is 1. The summed E-state index contributed by atoms with van der Waals surface area (Å²) in [6, 6.07) is 8.29. The van der Waals surface area contributed by atoms with Gasteiger partial charge in [0.2, 0.25) is 5.88 Å². The third kappa shape index (κ3) is 2.79. The minimum absolute atomic E-state index is 0.308. The van der Waals surface area contributed by atoms with Crippen LogP contribution in [0.2, 0.25) is 0 Å². The van der Waals surface area contributed by atoms with E-state index in [-0.39, 0.29) is 0 Å². The van der Waals surface area contributed by atoms with Gasteiger partial charge in [0.25, 0.3) is 5.91 Å². The van der Waals surface area contributed by atoms with Crippen molar-refractivity contribution in [2.45, 2.75) is 0 Å². The highest BCUT2D eigenvalue weighted by molar-refractivity contribution is 9.10. The van der Waals surface area contributed by atoms with E-state index in [4.69, 9.17) is 10.5 Å². The second-order valence-electron chi connectivity index (χ2n) is 3.14. The summed E-state index contributed by atoms with van der Waals surface area (Å²) in [7, 11) is 0. The number of hydrogen-bond acceptors (Lipinski definition) is 4. The van der Waals surface area contributed by atoms with Gasteiger partial charge in [-0.1, -0.05) is 12.1 Å². The van der Waals surface area contributed by atoms with Gasteiger partial charge in [0.1, 0.15) is 16.7 Å². The van der Waals surface area contributed by atoms with Gasteiger partial charge in [-0.25, -0.2) is 9.97 Å². The first-order chi connectivity index (χ1) is 8.16. The largest absolute Gasteiger partial charge is 0.438 e. The fraction of sp³-hybridized carbons (Fsp3) is 0. The number of carbonyl (C=O) groups is 1. The minimum atomic E-state index is -0.547. The molecule has 5 nitrogen and oxygen atoms in total. The molecule has 2 N–H and O–H groups in total. The predicted octanol–water partition coefficient (Wildman–Crippen LogP) is 2.13. The van der Waals surface area contributed by atoms with Gasteiger partial charge in [0.15, 0.2) is 0 Å². The number of rotatable bonds is 3. The van der Waals surface area contributed by atoms with Gasteiger partial charge in [0, 0.05) is 6.07 Å².